The molecule has 0 saturated heterocycles. The number of nitrogens with one attached hydrogen (secondary N) is 1. The summed E-state index contributed by atoms with van der Waals surface area (Å²) in [5.41, 5.74) is 0.597. The summed E-state index contributed by atoms with van der Waals surface area (Å²) in [6.07, 6.45) is 15.2. The Bertz CT molecular complexity index is 722. The van der Waals surface area contributed by atoms with Crippen LogP contribution < -0.4 is 10.1 Å². The summed E-state index contributed by atoms with van der Waals surface area (Å²) >= 11 is -0.957. The number of amides is 1. The van der Waals surface area contributed by atoms with Crippen molar-refractivity contribution in [3.8, 4) is 5.75 Å². The van der Waals surface area contributed by atoms with Gasteiger partial charge in [0.25, 0.3) is 0 Å². The van der Waals surface area contributed by atoms with Gasteiger partial charge in [0.1, 0.15) is 0 Å². The predicted octanol–water partition coefficient (Wildman–Crippen LogP) is 8.18. The van der Waals surface area contributed by atoms with E-state index in [0.29, 0.717) is 3.43 Å². The van der Waals surface area contributed by atoms with Crippen molar-refractivity contribution in [2.24, 2.45) is 4.99 Å². The molecule has 1 atom stereocenters. The first-order valence-electron chi connectivity index (χ1n) is 14.1. The zero-order valence-corrected chi connectivity index (χ0v) is 27.0. The number of hydrogen-bond donors (Lipinski definition) is 1. The van der Waals surface area contributed by atoms with Crippen molar-refractivity contribution in [2.75, 3.05) is 13.7 Å². The molecule has 0 saturated carbocycles. The Morgan fingerprint density at radius 2 is 1.53 bits per heavy atom. The second kappa shape index (κ2) is 18.1. The predicted molar refractivity (Wildman–Crippen MR) is 155 cm³/mol. The zero-order valence-electron chi connectivity index (χ0n) is 24.1. The molecule has 1 unspecified atom stereocenters. The van der Waals surface area contributed by atoms with Gasteiger partial charge in [0.15, 0.2) is 0 Å². The van der Waals surface area contributed by atoms with Gasteiger partial charge in [-0.25, -0.2) is 0 Å². The fourth-order valence-corrected chi connectivity index (χ4v) is 10.8. The molecule has 0 spiro atoms. The first kappa shape index (κ1) is 32.8. The third-order valence-electron chi connectivity index (χ3n) is 6.33. The monoisotopic (exact) mass is 608 g/mol. The molecule has 2 radical (unpaired) electrons. The molecule has 1 N–H and O–H groups in total. The number of rotatable bonds is 18. The topological polar surface area (TPSA) is 59.9 Å². The Balaban J connectivity index is 2.91. The number of hydrogen-bond acceptors (Lipinski definition) is 4. The number of unbranched alkanes of at least 4 members (excludes halogenated alkanes) is 3. The number of alkyl carbamates (subject to hydrolysis) is 1. The molecular weight excluding hydrogens is 555 g/mol. The van der Waals surface area contributed by atoms with E-state index in [0.717, 1.165) is 30.7 Å². The average Bonchev–Trinajstić information content (AvgIpc) is 2.83. The fourth-order valence-electron chi connectivity index (χ4n) is 4.38. The van der Waals surface area contributed by atoms with Crippen LogP contribution in [-0.2, 0) is 4.74 Å². The summed E-state index contributed by atoms with van der Waals surface area (Å²) in [7, 11) is 1.68. The molecule has 0 aromatic heterocycles. The minimum absolute atomic E-state index is 0.259. The van der Waals surface area contributed by atoms with E-state index >= 15 is 0 Å². The normalized spacial score (nSPS) is 13.1. The van der Waals surface area contributed by atoms with Gasteiger partial charge in [-0.1, -0.05) is 0 Å². The van der Waals surface area contributed by atoms with Crippen LogP contribution in [0.15, 0.2) is 29.3 Å². The van der Waals surface area contributed by atoms with Crippen molar-refractivity contribution < 1.29 is 14.3 Å². The molecule has 36 heavy (non-hydrogen) atoms. The van der Waals surface area contributed by atoms with E-state index in [1.807, 2.05) is 51.3 Å². The van der Waals surface area contributed by atoms with E-state index in [1.165, 1.54) is 57.8 Å². The summed E-state index contributed by atoms with van der Waals surface area (Å²) in [5, 5.41) is 3.33. The maximum absolute atomic E-state index is 12.8. The molecule has 0 aliphatic heterocycles. The summed E-state index contributed by atoms with van der Waals surface area (Å²) in [6, 6.07) is 7.95. The summed E-state index contributed by atoms with van der Waals surface area (Å²) in [6.45, 7) is 13.5. The summed E-state index contributed by atoms with van der Waals surface area (Å²) < 4.78 is 11.6. The second-order valence-corrected chi connectivity index (χ2v) is 16.7. The van der Waals surface area contributed by atoms with Gasteiger partial charge in [-0.3, -0.25) is 0 Å². The third kappa shape index (κ3) is 14.5. The van der Waals surface area contributed by atoms with Gasteiger partial charge in [0.05, 0.1) is 0 Å². The van der Waals surface area contributed by atoms with Crippen LogP contribution in [0.4, 0.5) is 4.79 Å². The van der Waals surface area contributed by atoms with Gasteiger partial charge in [0, 0.05) is 0 Å². The van der Waals surface area contributed by atoms with Crippen molar-refractivity contribution in [3.63, 3.8) is 0 Å². The molecule has 1 rings (SSSR count). The number of nitrogens with zero attached hydrogens (tertiary/aromatic N) is 1. The molecule has 0 aliphatic rings. The van der Waals surface area contributed by atoms with Gasteiger partial charge in [-0.15, -0.1) is 0 Å². The van der Waals surface area contributed by atoms with Gasteiger partial charge in [0.2, 0.25) is 0 Å². The molecule has 6 heteroatoms. The van der Waals surface area contributed by atoms with Crippen LogP contribution >= 0.6 is 0 Å². The minimum atomic E-state index is -0.957. The van der Waals surface area contributed by atoms with Crippen LogP contribution in [0.5, 0.6) is 5.75 Å². The molecule has 5 nitrogen and oxygen atoms in total. The summed E-state index contributed by atoms with van der Waals surface area (Å²) in [5.74, 6) is 0.854. The van der Waals surface area contributed by atoms with Crippen molar-refractivity contribution in [1.82, 2.24) is 5.32 Å². The van der Waals surface area contributed by atoms with Crippen molar-refractivity contribution >= 4 is 33.5 Å². The van der Waals surface area contributed by atoms with Gasteiger partial charge < -0.3 is 0 Å². The molecule has 1 aromatic carbocycles. The van der Waals surface area contributed by atoms with E-state index in [9.17, 15) is 4.79 Å². The number of methoxy groups -OCH3 is 1. The number of carbonyl (C=O) groups is 1. The van der Waals surface area contributed by atoms with Crippen molar-refractivity contribution in [3.05, 3.63) is 29.8 Å². The van der Waals surface area contributed by atoms with Gasteiger partial charge >= 0.3 is 233 Å². The quantitative estimate of drug-likeness (QED) is 0.104. The molecule has 0 bridgehead atoms. The molecule has 0 aliphatic carbocycles. The first-order valence-corrected chi connectivity index (χ1v) is 17.2. The first-order chi connectivity index (χ1) is 17.2. The SMILES string of the molecule is CCCC[C](CCCC)(CCCC)[Sn][CH](CCCN=Cc1ccc(OC)cc1)NC(=O)OC(C)(C)C. The standard InChI is InChI=1S/C17H25N2O3.C13H27.Sn/c1-17(2,3)22-16(20)19-12-6-5-11-18-13-14-7-9-15(21-4)10-8-14;1-4-7-10-13(11-8-5-2)12-9-6-3;/h7-10,12-13H,5-6,11H2,1-4H3,(H,19,20);4-12H2,1-3H3;. The molecular formula is C30H52N2O3Sn. The Hall–Kier alpha value is -1.24. The molecule has 1 amide bonds. The van der Waals surface area contributed by atoms with Crippen LogP contribution in [0.2, 0.25) is 3.43 Å². The van der Waals surface area contributed by atoms with Gasteiger partial charge in [-0.05, 0) is 0 Å². The Morgan fingerprint density at radius 1 is 0.972 bits per heavy atom. The zero-order chi connectivity index (χ0) is 26.9. The third-order valence-corrected chi connectivity index (χ3v) is 12.5. The van der Waals surface area contributed by atoms with Gasteiger partial charge in [-0.2, -0.15) is 0 Å². The average molecular weight is 607 g/mol. The Kier molecular flexibility index (Phi) is 16.5. The van der Waals surface area contributed by atoms with E-state index in [1.54, 1.807) is 7.11 Å². The number of aliphatic imine (C=N–C) groups is 1. The number of benzene rings is 1. The van der Waals surface area contributed by atoms with E-state index in [4.69, 9.17) is 9.47 Å². The van der Waals surface area contributed by atoms with Crippen LogP contribution in [0.1, 0.15) is 118 Å². The van der Waals surface area contributed by atoms with Crippen LogP contribution in [0.3, 0.4) is 0 Å². The Morgan fingerprint density at radius 3 is 2.00 bits per heavy atom. The van der Waals surface area contributed by atoms with E-state index in [2.05, 4.69) is 31.1 Å². The van der Waals surface area contributed by atoms with Crippen molar-refractivity contribution in [2.45, 2.75) is 125 Å². The number of ether oxygens (including phenoxy) is 2. The van der Waals surface area contributed by atoms with Crippen LogP contribution in [0, 0.1) is 0 Å². The van der Waals surface area contributed by atoms with E-state index in [-0.39, 0.29) is 10.2 Å². The Labute approximate surface area is 231 Å². The van der Waals surface area contributed by atoms with Crippen LogP contribution in [0.25, 0.3) is 0 Å². The second-order valence-electron chi connectivity index (χ2n) is 10.9. The molecule has 0 fully saturated rings. The maximum atomic E-state index is 12.8. The van der Waals surface area contributed by atoms with Crippen LogP contribution in [-0.4, -0.2) is 56.8 Å². The van der Waals surface area contributed by atoms with E-state index < -0.39 is 26.7 Å². The molecule has 1 aromatic rings. The molecule has 0 heterocycles. The molecule has 204 valence electrons. The fraction of sp³-hybridized carbons (Fsp3) is 0.733. The van der Waals surface area contributed by atoms with Crippen molar-refractivity contribution in [1.29, 1.82) is 0 Å². The summed E-state index contributed by atoms with van der Waals surface area (Å²) in [4.78, 5) is 17.4. The number of carbonyl (C=O) groups excluding carboxylic acids is 1.